The average Bonchev–Trinajstić information content (AvgIpc) is 3.00. The topological polar surface area (TPSA) is 0 Å². The molecule has 0 aliphatic carbocycles. The molecular weight excluding hydrogens is 537 g/mol. The van der Waals surface area contributed by atoms with Crippen LogP contribution in [0, 0.1) is 30.6 Å². The van der Waals surface area contributed by atoms with Crippen LogP contribution in [0.5, 0.6) is 0 Å². The van der Waals surface area contributed by atoms with Crippen LogP contribution in [-0.4, -0.2) is 0 Å². The molecule has 0 radical (unpaired) electrons. The van der Waals surface area contributed by atoms with Gasteiger partial charge < -0.3 is 0 Å². The molecule has 0 spiro atoms. The third-order valence-electron chi connectivity index (χ3n) is 7.67. The van der Waals surface area contributed by atoms with E-state index in [-0.39, 0.29) is 0 Å². The zero-order chi connectivity index (χ0) is 29.6. The molecule has 0 unspecified atom stereocenters. The molecule has 3 heteroatoms. The lowest BCUT2D eigenvalue weighted by Gasteiger charge is -2.08. The zero-order valence-electron chi connectivity index (χ0n) is 23.2. The summed E-state index contributed by atoms with van der Waals surface area (Å²) < 4.78 is 38.5. The van der Waals surface area contributed by atoms with E-state index in [0.29, 0.717) is 5.56 Å². The summed E-state index contributed by atoms with van der Waals surface area (Å²) in [5.74, 6) is 12.6. The van der Waals surface area contributed by atoms with E-state index >= 15 is 0 Å². The number of rotatable bonds is 0. The van der Waals surface area contributed by atoms with Gasteiger partial charge in [-0.15, -0.1) is 0 Å². The van der Waals surface area contributed by atoms with E-state index in [0.717, 1.165) is 66.5 Å². The lowest BCUT2D eigenvalue weighted by Crippen LogP contribution is -2.04. The summed E-state index contributed by atoms with van der Waals surface area (Å²) >= 11 is 0. The second-order valence-electron chi connectivity index (χ2n) is 10.8. The lowest BCUT2D eigenvalue weighted by atomic mass is 9.96. The number of hydrogen-bond acceptors (Lipinski definition) is 0. The Bertz CT molecular complexity index is 2320. The van der Waals surface area contributed by atoms with Gasteiger partial charge in [-0.25, -0.2) is 0 Å². The van der Waals surface area contributed by atoms with Crippen LogP contribution in [0.15, 0.2) is 121 Å². The van der Waals surface area contributed by atoms with Gasteiger partial charge in [-0.3, -0.25) is 0 Å². The van der Waals surface area contributed by atoms with Crippen LogP contribution in [0.2, 0.25) is 0 Å². The summed E-state index contributed by atoms with van der Waals surface area (Å²) in [4.78, 5) is 0. The molecule has 7 rings (SSSR count). The highest BCUT2D eigenvalue weighted by molar-refractivity contribution is 6.08. The first-order valence-electron chi connectivity index (χ1n) is 13.9. The predicted molar refractivity (Wildman–Crippen MR) is 171 cm³/mol. The van der Waals surface area contributed by atoms with Crippen molar-refractivity contribution in [2.75, 3.05) is 0 Å². The standard InChI is InChI=1S/C40H23F3/c1-26-2-4-27(5-3-26)6-8-29-10-14-31-20-35-25-38-23-34-19-30(9-7-28-12-16-39(17-13-28)40(41,42)43)11-15-32(34)21-36(38)24-37(35)22-33(31)18-29/h2-5,10-25H,1H3. The minimum absolute atomic E-state index is 0.538. The Balaban J connectivity index is 1.21. The summed E-state index contributed by atoms with van der Waals surface area (Å²) in [5.41, 5.74) is 3.87. The van der Waals surface area contributed by atoms with Crippen molar-refractivity contribution in [3.63, 3.8) is 0 Å². The first-order valence-corrected chi connectivity index (χ1v) is 13.9. The molecule has 0 nitrogen and oxygen atoms in total. The van der Waals surface area contributed by atoms with Crippen LogP contribution in [-0.2, 0) is 6.18 Å². The molecule has 0 aliphatic heterocycles. The van der Waals surface area contributed by atoms with Crippen LogP contribution in [0.4, 0.5) is 13.2 Å². The quantitative estimate of drug-likeness (QED) is 0.128. The molecule has 0 aromatic heterocycles. The molecule has 0 N–H and O–H groups in total. The van der Waals surface area contributed by atoms with Crippen LogP contribution >= 0.6 is 0 Å². The number of halogens is 3. The Morgan fingerprint density at radius 2 is 0.698 bits per heavy atom. The second-order valence-corrected chi connectivity index (χ2v) is 10.8. The number of fused-ring (bicyclic) bond motifs is 4. The lowest BCUT2D eigenvalue weighted by molar-refractivity contribution is -0.137. The Labute approximate surface area is 247 Å². The van der Waals surface area contributed by atoms with Crippen molar-refractivity contribution in [3.8, 4) is 23.7 Å². The summed E-state index contributed by atoms with van der Waals surface area (Å²) in [6.07, 6.45) is -4.35. The Morgan fingerprint density at radius 1 is 0.372 bits per heavy atom. The molecule has 0 bridgehead atoms. The van der Waals surface area contributed by atoms with Crippen molar-refractivity contribution in [3.05, 3.63) is 155 Å². The van der Waals surface area contributed by atoms with Gasteiger partial charge >= 0.3 is 6.18 Å². The molecule has 0 amide bonds. The van der Waals surface area contributed by atoms with Crippen molar-refractivity contribution >= 4 is 43.1 Å². The summed E-state index contributed by atoms with van der Waals surface area (Å²) in [6.45, 7) is 2.07. The molecule has 7 aromatic rings. The largest absolute Gasteiger partial charge is 0.416 e. The van der Waals surface area contributed by atoms with E-state index < -0.39 is 11.7 Å². The molecule has 0 atom stereocenters. The number of alkyl halides is 3. The van der Waals surface area contributed by atoms with Gasteiger partial charge in [-0.1, -0.05) is 53.5 Å². The molecule has 0 aliphatic rings. The molecular formula is C40H23F3. The number of aryl methyl sites for hydroxylation is 1. The van der Waals surface area contributed by atoms with E-state index in [1.54, 1.807) is 0 Å². The highest BCUT2D eigenvalue weighted by Crippen LogP contribution is 2.31. The number of hydrogen-bond donors (Lipinski definition) is 0. The normalized spacial score (nSPS) is 11.3. The maximum absolute atomic E-state index is 12.8. The molecule has 0 saturated carbocycles. The van der Waals surface area contributed by atoms with Gasteiger partial charge in [0, 0.05) is 22.3 Å². The van der Waals surface area contributed by atoms with Crippen molar-refractivity contribution in [1.29, 1.82) is 0 Å². The van der Waals surface area contributed by atoms with Crippen LogP contribution in [0.1, 0.15) is 33.4 Å². The zero-order valence-corrected chi connectivity index (χ0v) is 23.2. The van der Waals surface area contributed by atoms with Gasteiger partial charge in [0.05, 0.1) is 5.56 Å². The van der Waals surface area contributed by atoms with Crippen molar-refractivity contribution in [2.24, 2.45) is 0 Å². The van der Waals surface area contributed by atoms with E-state index in [1.807, 2.05) is 30.3 Å². The third-order valence-corrected chi connectivity index (χ3v) is 7.67. The average molecular weight is 561 g/mol. The SMILES string of the molecule is Cc1ccc(C#Cc2ccc3cc4cc5cc6cc(C#Cc7ccc(C(F)(F)F)cc7)ccc6cc5cc4cc3c2)cc1. The minimum atomic E-state index is -4.35. The summed E-state index contributed by atoms with van der Waals surface area (Å²) in [6, 6.07) is 38.7. The molecule has 0 fully saturated rings. The van der Waals surface area contributed by atoms with Crippen LogP contribution in [0.3, 0.4) is 0 Å². The molecule has 0 saturated heterocycles. The summed E-state index contributed by atoms with van der Waals surface area (Å²) in [5, 5.41) is 9.09. The second kappa shape index (κ2) is 10.4. The van der Waals surface area contributed by atoms with Gasteiger partial charge in [0.1, 0.15) is 0 Å². The number of benzene rings is 7. The van der Waals surface area contributed by atoms with Crippen LogP contribution in [0.25, 0.3) is 43.1 Å². The first-order chi connectivity index (χ1) is 20.8. The molecule has 7 aromatic carbocycles. The third kappa shape index (κ3) is 5.54. The fraction of sp³-hybridized carbons (Fsp3) is 0.0500. The fourth-order valence-electron chi connectivity index (χ4n) is 5.32. The van der Waals surface area contributed by atoms with E-state index in [9.17, 15) is 13.2 Å². The molecule has 0 heterocycles. The van der Waals surface area contributed by atoms with Gasteiger partial charge in [-0.2, -0.15) is 13.2 Å². The van der Waals surface area contributed by atoms with Crippen molar-refractivity contribution < 1.29 is 13.2 Å². The van der Waals surface area contributed by atoms with E-state index in [2.05, 4.69) is 97.3 Å². The van der Waals surface area contributed by atoms with Gasteiger partial charge in [0.15, 0.2) is 0 Å². The van der Waals surface area contributed by atoms with Crippen LogP contribution < -0.4 is 0 Å². The highest BCUT2D eigenvalue weighted by Gasteiger charge is 2.29. The predicted octanol–water partition coefficient (Wildman–Crippen LogP) is 10.4. The van der Waals surface area contributed by atoms with Gasteiger partial charge in [0.25, 0.3) is 0 Å². The maximum atomic E-state index is 12.8. The van der Waals surface area contributed by atoms with Crippen molar-refractivity contribution in [2.45, 2.75) is 13.1 Å². The maximum Gasteiger partial charge on any atom is 0.416 e. The molecule has 43 heavy (non-hydrogen) atoms. The van der Waals surface area contributed by atoms with Gasteiger partial charge in [0.2, 0.25) is 0 Å². The minimum Gasteiger partial charge on any atom is -0.166 e. The van der Waals surface area contributed by atoms with Gasteiger partial charge in [-0.05, 0) is 147 Å². The highest BCUT2D eigenvalue weighted by atomic mass is 19.4. The molecule has 204 valence electrons. The Morgan fingerprint density at radius 3 is 1.12 bits per heavy atom. The van der Waals surface area contributed by atoms with E-state index in [4.69, 9.17) is 0 Å². The Kier molecular flexibility index (Phi) is 6.38. The summed E-state index contributed by atoms with van der Waals surface area (Å²) in [7, 11) is 0. The smallest absolute Gasteiger partial charge is 0.166 e. The van der Waals surface area contributed by atoms with E-state index in [1.165, 1.54) is 23.1 Å². The monoisotopic (exact) mass is 560 g/mol. The van der Waals surface area contributed by atoms with Crippen molar-refractivity contribution in [1.82, 2.24) is 0 Å². The first kappa shape index (κ1) is 26.4. The Hall–Kier alpha value is -5.51. The fourth-order valence-corrected chi connectivity index (χ4v) is 5.32.